The van der Waals surface area contributed by atoms with Crippen LogP contribution in [0.4, 0.5) is 4.79 Å². The standard InChI is InChI=1S/C12H13N3O4/c1-12(8-3-5-13-6-4-8)10(17)15(11(18)14-12)7-9(16)19-2/h3-6H,7H2,1-2H3,(H,14,18). The SMILES string of the molecule is COC(=O)CN1C(=O)NC(C)(c2ccncc2)C1=O. The molecule has 0 saturated carbocycles. The molecule has 1 aromatic rings. The number of nitrogens with one attached hydrogen (secondary N) is 1. The van der Waals surface area contributed by atoms with E-state index in [0.717, 1.165) is 4.90 Å². The normalized spacial score (nSPS) is 22.3. The van der Waals surface area contributed by atoms with Crippen molar-refractivity contribution < 1.29 is 19.1 Å². The molecular weight excluding hydrogens is 250 g/mol. The van der Waals surface area contributed by atoms with Gasteiger partial charge >= 0.3 is 12.0 Å². The van der Waals surface area contributed by atoms with Gasteiger partial charge in [0.25, 0.3) is 5.91 Å². The van der Waals surface area contributed by atoms with Crippen LogP contribution in [0.3, 0.4) is 0 Å². The molecule has 1 fully saturated rings. The van der Waals surface area contributed by atoms with Gasteiger partial charge in [0.1, 0.15) is 12.1 Å². The summed E-state index contributed by atoms with van der Waals surface area (Å²) in [7, 11) is 1.20. The Balaban J connectivity index is 2.29. The lowest BCUT2D eigenvalue weighted by Gasteiger charge is -2.21. The van der Waals surface area contributed by atoms with Crippen LogP contribution in [-0.2, 0) is 19.9 Å². The van der Waals surface area contributed by atoms with Crippen LogP contribution in [0.5, 0.6) is 0 Å². The number of pyridine rings is 1. The number of urea groups is 1. The molecule has 1 aromatic heterocycles. The van der Waals surface area contributed by atoms with Crippen molar-refractivity contribution in [2.75, 3.05) is 13.7 Å². The molecular formula is C12H13N3O4. The molecule has 2 heterocycles. The highest BCUT2D eigenvalue weighted by Crippen LogP contribution is 2.28. The minimum atomic E-state index is -1.19. The molecule has 1 N–H and O–H groups in total. The molecule has 1 aliphatic heterocycles. The summed E-state index contributed by atoms with van der Waals surface area (Å²) in [6.45, 7) is 1.18. The second kappa shape index (κ2) is 4.68. The van der Waals surface area contributed by atoms with E-state index in [1.807, 2.05) is 0 Å². The van der Waals surface area contributed by atoms with Crippen molar-refractivity contribution >= 4 is 17.9 Å². The van der Waals surface area contributed by atoms with Gasteiger partial charge in [-0.3, -0.25) is 19.5 Å². The van der Waals surface area contributed by atoms with Crippen LogP contribution in [0, 0.1) is 0 Å². The van der Waals surface area contributed by atoms with Crippen molar-refractivity contribution in [2.45, 2.75) is 12.5 Å². The predicted molar refractivity (Wildman–Crippen MR) is 63.8 cm³/mol. The zero-order valence-electron chi connectivity index (χ0n) is 10.5. The quantitative estimate of drug-likeness (QED) is 0.613. The second-order valence-corrected chi connectivity index (χ2v) is 4.26. The number of hydrogen-bond donors (Lipinski definition) is 1. The van der Waals surface area contributed by atoms with Crippen LogP contribution >= 0.6 is 0 Å². The van der Waals surface area contributed by atoms with E-state index in [1.54, 1.807) is 19.1 Å². The van der Waals surface area contributed by atoms with Gasteiger partial charge in [0.2, 0.25) is 0 Å². The molecule has 0 aromatic carbocycles. The maximum absolute atomic E-state index is 12.3. The van der Waals surface area contributed by atoms with Crippen LogP contribution in [0.1, 0.15) is 12.5 Å². The summed E-state index contributed by atoms with van der Waals surface area (Å²) in [4.78, 5) is 40.0. The first-order chi connectivity index (χ1) is 8.99. The number of hydrogen-bond acceptors (Lipinski definition) is 5. The van der Waals surface area contributed by atoms with Gasteiger partial charge in [-0.05, 0) is 24.6 Å². The number of ether oxygens (including phenoxy) is 1. The zero-order chi connectivity index (χ0) is 14.0. The Kier molecular flexibility index (Phi) is 3.20. The number of carbonyl (C=O) groups excluding carboxylic acids is 3. The Morgan fingerprint density at radius 1 is 1.42 bits per heavy atom. The lowest BCUT2D eigenvalue weighted by Crippen LogP contribution is -2.41. The van der Waals surface area contributed by atoms with Crippen molar-refractivity contribution in [1.29, 1.82) is 0 Å². The Morgan fingerprint density at radius 2 is 2.05 bits per heavy atom. The van der Waals surface area contributed by atoms with Gasteiger partial charge in [-0.2, -0.15) is 0 Å². The summed E-state index contributed by atoms with van der Waals surface area (Å²) in [5, 5.41) is 2.58. The summed E-state index contributed by atoms with van der Waals surface area (Å²) < 4.78 is 4.46. The van der Waals surface area contributed by atoms with Crippen molar-refractivity contribution in [3.05, 3.63) is 30.1 Å². The smallest absolute Gasteiger partial charge is 0.325 e. The fourth-order valence-corrected chi connectivity index (χ4v) is 1.92. The first-order valence-corrected chi connectivity index (χ1v) is 5.60. The number of aromatic nitrogens is 1. The number of esters is 1. The highest BCUT2D eigenvalue weighted by Gasteiger charge is 2.49. The summed E-state index contributed by atoms with van der Waals surface area (Å²) in [6, 6.07) is 2.66. The van der Waals surface area contributed by atoms with Gasteiger partial charge in [-0.1, -0.05) is 0 Å². The first kappa shape index (κ1) is 13.0. The van der Waals surface area contributed by atoms with Crippen LogP contribution in [0.25, 0.3) is 0 Å². The molecule has 1 atom stereocenters. The molecule has 7 heteroatoms. The van der Waals surface area contributed by atoms with E-state index in [2.05, 4.69) is 15.0 Å². The molecule has 0 radical (unpaired) electrons. The number of imide groups is 1. The number of rotatable bonds is 3. The number of carbonyl (C=O) groups is 3. The Labute approximate surface area is 109 Å². The molecule has 1 aliphatic rings. The van der Waals surface area contributed by atoms with E-state index in [1.165, 1.54) is 19.5 Å². The van der Waals surface area contributed by atoms with Crippen LogP contribution in [0.2, 0.25) is 0 Å². The van der Waals surface area contributed by atoms with E-state index in [0.29, 0.717) is 5.56 Å². The van der Waals surface area contributed by atoms with E-state index in [-0.39, 0.29) is 0 Å². The lowest BCUT2D eigenvalue weighted by molar-refractivity contribution is -0.145. The molecule has 3 amide bonds. The molecule has 1 unspecified atom stereocenters. The molecule has 0 spiro atoms. The van der Waals surface area contributed by atoms with Gasteiger partial charge in [0.15, 0.2) is 0 Å². The zero-order valence-corrected chi connectivity index (χ0v) is 10.5. The maximum Gasteiger partial charge on any atom is 0.325 e. The average molecular weight is 263 g/mol. The average Bonchev–Trinajstić information content (AvgIpc) is 2.64. The van der Waals surface area contributed by atoms with Crippen LogP contribution < -0.4 is 5.32 Å². The van der Waals surface area contributed by atoms with Crippen molar-refractivity contribution in [1.82, 2.24) is 15.2 Å². The highest BCUT2D eigenvalue weighted by molar-refractivity contribution is 6.08. The Morgan fingerprint density at radius 3 is 2.63 bits per heavy atom. The molecule has 2 rings (SSSR count). The summed E-state index contributed by atoms with van der Waals surface area (Å²) >= 11 is 0. The van der Waals surface area contributed by atoms with Crippen molar-refractivity contribution in [3.8, 4) is 0 Å². The third kappa shape index (κ3) is 2.14. The monoisotopic (exact) mass is 263 g/mol. The topological polar surface area (TPSA) is 88.6 Å². The van der Waals surface area contributed by atoms with Crippen molar-refractivity contribution in [3.63, 3.8) is 0 Å². The summed E-state index contributed by atoms with van der Waals surface area (Å²) in [5.41, 5.74) is -0.582. The number of amides is 3. The lowest BCUT2D eigenvalue weighted by atomic mass is 9.93. The molecule has 0 bridgehead atoms. The maximum atomic E-state index is 12.3. The van der Waals surface area contributed by atoms with Crippen molar-refractivity contribution in [2.24, 2.45) is 0 Å². The largest absolute Gasteiger partial charge is 0.468 e. The third-order valence-electron chi connectivity index (χ3n) is 3.05. The van der Waals surface area contributed by atoms with E-state index in [4.69, 9.17) is 0 Å². The number of nitrogens with zero attached hydrogens (tertiary/aromatic N) is 2. The van der Waals surface area contributed by atoms with Gasteiger partial charge in [0, 0.05) is 12.4 Å². The molecule has 19 heavy (non-hydrogen) atoms. The van der Waals surface area contributed by atoms with Gasteiger partial charge in [0.05, 0.1) is 7.11 Å². The molecule has 1 saturated heterocycles. The van der Waals surface area contributed by atoms with Crippen LogP contribution in [0.15, 0.2) is 24.5 Å². The minimum Gasteiger partial charge on any atom is -0.468 e. The van der Waals surface area contributed by atoms with E-state index in [9.17, 15) is 14.4 Å². The number of methoxy groups -OCH3 is 1. The Hall–Kier alpha value is -2.44. The third-order valence-corrected chi connectivity index (χ3v) is 3.05. The second-order valence-electron chi connectivity index (χ2n) is 4.26. The minimum absolute atomic E-state index is 0.401. The fourth-order valence-electron chi connectivity index (χ4n) is 1.92. The fraction of sp³-hybridized carbons (Fsp3) is 0.333. The first-order valence-electron chi connectivity index (χ1n) is 5.60. The molecule has 7 nitrogen and oxygen atoms in total. The molecule has 100 valence electrons. The van der Waals surface area contributed by atoms with Gasteiger partial charge < -0.3 is 10.1 Å². The highest BCUT2D eigenvalue weighted by atomic mass is 16.5. The summed E-state index contributed by atoms with van der Waals surface area (Å²) in [6.07, 6.45) is 3.06. The van der Waals surface area contributed by atoms with E-state index < -0.39 is 30.0 Å². The Bertz CT molecular complexity index is 531. The van der Waals surface area contributed by atoms with Gasteiger partial charge in [-0.15, -0.1) is 0 Å². The van der Waals surface area contributed by atoms with Gasteiger partial charge in [-0.25, -0.2) is 4.79 Å². The van der Waals surface area contributed by atoms with Crippen LogP contribution in [-0.4, -0.2) is 41.4 Å². The predicted octanol–water partition coefficient (Wildman–Crippen LogP) is 0.0216. The molecule has 0 aliphatic carbocycles. The summed E-state index contributed by atoms with van der Waals surface area (Å²) in [5.74, 6) is -1.14. The van der Waals surface area contributed by atoms with E-state index >= 15 is 0 Å².